The molecule has 15 heavy (non-hydrogen) atoms. The van der Waals surface area contributed by atoms with Gasteiger partial charge in [0.05, 0.1) is 12.1 Å². The van der Waals surface area contributed by atoms with Gasteiger partial charge in [-0.15, -0.1) is 0 Å². The minimum absolute atomic E-state index is 0.117. The van der Waals surface area contributed by atoms with Crippen molar-refractivity contribution in [3.8, 4) is 11.3 Å². The first-order valence-corrected chi connectivity index (χ1v) is 4.32. The van der Waals surface area contributed by atoms with Crippen LogP contribution in [0.2, 0.25) is 0 Å². The molecule has 0 radical (unpaired) electrons. The lowest BCUT2D eigenvalue weighted by atomic mass is 10.1. The molecule has 1 aromatic carbocycles. The van der Waals surface area contributed by atoms with Gasteiger partial charge in [-0.1, -0.05) is 11.2 Å². The van der Waals surface area contributed by atoms with Crippen LogP contribution < -0.4 is 5.73 Å². The van der Waals surface area contributed by atoms with E-state index in [0.717, 1.165) is 12.1 Å². The van der Waals surface area contributed by atoms with Gasteiger partial charge in [0.25, 0.3) is 0 Å². The largest absolute Gasteiger partial charge is 0.359 e. The van der Waals surface area contributed by atoms with Crippen LogP contribution in [0.25, 0.3) is 11.3 Å². The number of hydrogen-bond acceptors (Lipinski definition) is 3. The highest BCUT2D eigenvalue weighted by Crippen LogP contribution is 2.25. The Kier molecular flexibility index (Phi) is 2.47. The summed E-state index contributed by atoms with van der Waals surface area (Å²) in [5, 5.41) is 3.54. The molecular weight excluding hydrogens is 202 g/mol. The summed E-state index contributed by atoms with van der Waals surface area (Å²) in [7, 11) is 0. The second-order valence-electron chi connectivity index (χ2n) is 2.98. The summed E-state index contributed by atoms with van der Waals surface area (Å²) >= 11 is 0. The average molecular weight is 210 g/mol. The Morgan fingerprint density at radius 3 is 2.47 bits per heavy atom. The average Bonchev–Trinajstić information content (AvgIpc) is 2.66. The van der Waals surface area contributed by atoms with Gasteiger partial charge >= 0.3 is 0 Å². The Morgan fingerprint density at radius 2 is 1.93 bits per heavy atom. The van der Waals surface area contributed by atoms with Crippen molar-refractivity contribution in [1.82, 2.24) is 5.16 Å². The molecule has 0 bridgehead atoms. The summed E-state index contributed by atoms with van der Waals surface area (Å²) in [4.78, 5) is 0. The number of hydrogen-bond donors (Lipinski definition) is 1. The maximum atomic E-state index is 13.3. The van der Waals surface area contributed by atoms with Crippen molar-refractivity contribution in [1.29, 1.82) is 0 Å². The predicted octanol–water partition coefficient (Wildman–Crippen LogP) is 2.08. The van der Waals surface area contributed by atoms with E-state index in [1.807, 2.05) is 0 Å². The standard InChI is InChI=1S/C10H8F2N2O/c11-7-2-1-3-8(12)10(7)9-4-6(5-13)15-14-9/h1-4H,5,13H2. The number of benzene rings is 1. The number of aromatic nitrogens is 1. The minimum atomic E-state index is -0.674. The summed E-state index contributed by atoms with van der Waals surface area (Å²) in [5.74, 6) is -0.966. The van der Waals surface area contributed by atoms with Crippen LogP contribution in [0.3, 0.4) is 0 Å². The van der Waals surface area contributed by atoms with Crippen LogP contribution in [0.15, 0.2) is 28.8 Å². The third-order valence-electron chi connectivity index (χ3n) is 1.98. The number of halogens is 2. The van der Waals surface area contributed by atoms with Crippen molar-refractivity contribution in [3.05, 3.63) is 41.7 Å². The molecule has 2 rings (SSSR count). The van der Waals surface area contributed by atoms with Crippen LogP contribution in [0.1, 0.15) is 5.76 Å². The normalized spacial score (nSPS) is 10.6. The van der Waals surface area contributed by atoms with Crippen molar-refractivity contribution in [2.45, 2.75) is 6.54 Å². The van der Waals surface area contributed by atoms with Gasteiger partial charge in [-0.05, 0) is 12.1 Å². The highest BCUT2D eigenvalue weighted by atomic mass is 19.1. The van der Waals surface area contributed by atoms with Crippen molar-refractivity contribution >= 4 is 0 Å². The van der Waals surface area contributed by atoms with Crippen LogP contribution in [0.4, 0.5) is 8.78 Å². The monoisotopic (exact) mass is 210 g/mol. The summed E-state index contributed by atoms with van der Waals surface area (Å²) < 4.78 is 31.4. The summed E-state index contributed by atoms with van der Waals surface area (Å²) in [6.45, 7) is 0.142. The van der Waals surface area contributed by atoms with Gasteiger partial charge in [0.15, 0.2) is 5.76 Å². The lowest BCUT2D eigenvalue weighted by Gasteiger charge is -1.98. The minimum Gasteiger partial charge on any atom is -0.359 e. The van der Waals surface area contributed by atoms with Gasteiger partial charge < -0.3 is 10.3 Å². The van der Waals surface area contributed by atoms with Crippen molar-refractivity contribution < 1.29 is 13.3 Å². The van der Waals surface area contributed by atoms with Gasteiger partial charge in [0.2, 0.25) is 0 Å². The molecule has 0 aliphatic carbocycles. The second-order valence-corrected chi connectivity index (χ2v) is 2.98. The molecule has 0 aliphatic heterocycles. The maximum absolute atomic E-state index is 13.3. The van der Waals surface area contributed by atoms with Crippen LogP contribution >= 0.6 is 0 Å². The SMILES string of the molecule is NCc1cc(-c2c(F)cccc2F)no1. The molecule has 0 saturated carbocycles. The third kappa shape index (κ3) is 1.73. The fraction of sp³-hybridized carbons (Fsp3) is 0.100. The highest BCUT2D eigenvalue weighted by molar-refractivity contribution is 5.60. The highest BCUT2D eigenvalue weighted by Gasteiger charge is 2.14. The molecule has 0 unspecified atom stereocenters. The topological polar surface area (TPSA) is 52.0 Å². The fourth-order valence-electron chi connectivity index (χ4n) is 1.27. The zero-order valence-corrected chi connectivity index (χ0v) is 7.71. The van der Waals surface area contributed by atoms with Gasteiger partial charge in [-0.25, -0.2) is 8.78 Å². The third-order valence-corrected chi connectivity index (χ3v) is 1.98. The van der Waals surface area contributed by atoms with E-state index in [2.05, 4.69) is 5.16 Å². The Labute approximate surface area is 84.5 Å². The molecule has 2 aromatic rings. The molecular formula is C10H8F2N2O. The molecule has 3 nitrogen and oxygen atoms in total. The van der Waals surface area contributed by atoms with Crippen molar-refractivity contribution in [2.75, 3.05) is 0 Å². The van der Waals surface area contributed by atoms with Gasteiger partial charge in [-0.2, -0.15) is 0 Å². The van der Waals surface area contributed by atoms with Crippen LogP contribution in [-0.4, -0.2) is 5.16 Å². The van der Waals surface area contributed by atoms with E-state index >= 15 is 0 Å². The van der Waals surface area contributed by atoms with E-state index in [1.54, 1.807) is 0 Å². The van der Waals surface area contributed by atoms with Gasteiger partial charge in [0.1, 0.15) is 17.3 Å². The molecule has 1 heterocycles. The number of nitrogens with zero attached hydrogens (tertiary/aromatic N) is 1. The molecule has 0 saturated heterocycles. The van der Waals surface area contributed by atoms with Gasteiger partial charge in [-0.3, -0.25) is 0 Å². The van der Waals surface area contributed by atoms with E-state index in [9.17, 15) is 8.78 Å². The molecule has 1 aromatic heterocycles. The molecule has 0 spiro atoms. The Hall–Kier alpha value is -1.75. The lowest BCUT2D eigenvalue weighted by Crippen LogP contribution is -1.93. The quantitative estimate of drug-likeness (QED) is 0.825. The van der Waals surface area contributed by atoms with Crippen LogP contribution in [0, 0.1) is 11.6 Å². The first-order chi connectivity index (χ1) is 7.22. The number of rotatable bonds is 2. The van der Waals surface area contributed by atoms with Crippen molar-refractivity contribution in [3.63, 3.8) is 0 Å². The van der Waals surface area contributed by atoms with E-state index in [1.165, 1.54) is 12.1 Å². The summed E-state index contributed by atoms with van der Waals surface area (Å²) in [5.41, 5.74) is 5.22. The molecule has 2 N–H and O–H groups in total. The van der Waals surface area contributed by atoms with E-state index in [4.69, 9.17) is 10.3 Å². The zero-order chi connectivity index (χ0) is 10.8. The Morgan fingerprint density at radius 1 is 1.27 bits per heavy atom. The smallest absolute Gasteiger partial charge is 0.150 e. The summed E-state index contributed by atoms with van der Waals surface area (Å²) in [6, 6.07) is 5.03. The molecule has 5 heteroatoms. The van der Waals surface area contributed by atoms with Crippen molar-refractivity contribution in [2.24, 2.45) is 5.73 Å². The fourth-order valence-corrected chi connectivity index (χ4v) is 1.27. The number of nitrogens with two attached hydrogens (primary N) is 1. The predicted molar refractivity (Wildman–Crippen MR) is 49.7 cm³/mol. The lowest BCUT2D eigenvalue weighted by molar-refractivity contribution is 0.386. The van der Waals surface area contributed by atoms with E-state index in [-0.39, 0.29) is 17.8 Å². The van der Waals surface area contributed by atoms with Crippen LogP contribution in [0.5, 0.6) is 0 Å². The molecule has 0 fully saturated rings. The van der Waals surface area contributed by atoms with E-state index in [0.29, 0.717) is 5.76 Å². The first kappa shape index (κ1) is 9.79. The van der Waals surface area contributed by atoms with Crippen LogP contribution in [-0.2, 0) is 6.54 Å². The molecule has 0 atom stereocenters. The first-order valence-electron chi connectivity index (χ1n) is 4.32. The Bertz CT molecular complexity index is 462. The molecule has 78 valence electrons. The Balaban J connectivity index is 2.53. The van der Waals surface area contributed by atoms with E-state index < -0.39 is 11.6 Å². The molecule has 0 aliphatic rings. The molecule has 0 amide bonds. The maximum Gasteiger partial charge on any atom is 0.150 e. The summed E-state index contributed by atoms with van der Waals surface area (Å²) in [6.07, 6.45) is 0. The zero-order valence-electron chi connectivity index (χ0n) is 7.71. The second kappa shape index (κ2) is 3.78. The van der Waals surface area contributed by atoms with Gasteiger partial charge in [0, 0.05) is 6.07 Å².